The van der Waals surface area contributed by atoms with Gasteiger partial charge in [-0.05, 0) is 32.0 Å². The average Bonchev–Trinajstić information content (AvgIpc) is 3.01. The van der Waals surface area contributed by atoms with Crippen molar-refractivity contribution in [3.8, 4) is 11.5 Å². The summed E-state index contributed by atoms with van der Waals surface area (Å²) in [7, 11) is 0. The highest BCUT2D eigenvalue weighted by Crippen LogP contribution is 2.32. The van der Waals surface area contributed by atoms with E-state index in [-0.39, 0.29) is 12.7 Å². The van der Waals surface area contributed by atoms with Crippen LogP contribution in [-0.4, -0.2) is 17.7 Å². The van der Waals surface area contributed by atoms with E-state index in [0.29, 0.717) is 23.6 Å². The molecule has 1 N–H and O–H groups in total. The molecule has 0 bridgehead atoms. The van der Waals surface area contributed by atoms with Crippen LogP contribution in [0.25, 0.3) is 0 Å². The number of nitrogens with zero attached hydrogens (tertiary/aromatic N) is 1. The highest BCUT2D eigenvalue weighted by atomic mass is 32.1. The monoisotopic (exact) mass is 290 g/mol. The fourth-order valence-corrected chi connectivity index (χ4v) is 2.91. The summed E-state index contributed by atoms with van der Waals surface area (Å²) in [6.07, 6.45) is 0. The number of rotatable bonds is 3. The average molecular weight is 290 g/mol. The maximum Gasteiger partial charge on any atom is 0.251 e. The van der Waals surface area contributed by atoms with Gasteiger partial charge in [-0.25, -0.2) is 4.98 Å². The summed E-state index contributed by atoms with van der Waals surface area (Å²) < 4.78 is 10.5. The zero-order valence-electron chi connectivity index (χ0n) is 11.2. The highest BCUT2D eigenvalue weighted by molar-refractivity contribution is 7.11. The van der Waals surface area contributed by atoms with Crippen molar-refractivity contribution >= 4 is 17.2 Å². The third-order valence-corrected chi connectivity index (χ3v) is 4.12. The standard InChI is InChI=1S/C14H14N2O3S/c1-8-13(20-9(2)16-8)6-15-14(17)10-3-4-11-12(5-10)19-7-18-11/h3-5H,6-7H2,1-2H3,(H,15,17). The smallest absolute Gasteiger partial charge is 0.251 e. The van der Waals surface area contributed by atoms with E-state index in [1.165, 1.54) is 0 Å². The van der Waals surface area contributed by atoms with Gasteiger partial charge in [-0.15, -0.1) is 11.3 Å². The second-order valence-electron chi connectivity index (χ2n) is 4.49. The number of nitrogens with one attached hydrogen (secondary N) is 1. The molecule has 3 rings (SSSR count). The molecule has 2 heterocycles. The second kappa shape index (κ2) is 5.13. The number of hydrogen-bond acceptors (Lipinski definition) is 5. The van der Waals surface area contributed by atoms with E-state index in [9.17, 15) is 4.79 Å². The summed E-state index contributed by atoms with van der Waals surface area (Å²) in [5, 5.41) is 3.90. The van der Waals surface area contributed by atoms with Crippen molar-refractivity contribution in [2.45, 2.75) is 20.4 Å². The normalized spacial score (nSPS) is 12.5. The molecule has 0 unspecified atom stereocenters. The number of aryl methyl sites for hydroxylation is 2. The maximum absolute atomic E-state index is 12.1. The van der Waals surface area contributed by atoms with Gasteiger partial charge in [0.15, 0.2) is 11.5 Å². The van der Waals surface area contributed by atoms with Gasteiger partial charge in [0.25, 0.3) is 5.91 Å². The number of hydrogen-bond donors (Lipinski definition) is 1. The molecule has 0 spiro atoms. The van der Waals surface area contributed by atoms with E-state index in [0.717, 1.165) is 15.6 Å². The number of carbonyl (C=O) groups excluding carboxylic acids is 1. The van der Waals surface area contributed by atoms with E-state index < -0.39 is 0 Å². The number of ether oxygens (including phenoxy) is 2. The van der Waals surface area contributed by atoms with Crippen LogP contribution >= 0.6 is 11.3 Å². The molecular weight excluding hydrogens is 276 g/mol. The molecule has 1 aliphatic heterocycles. The number of aromatic nitrogens is 1. The van der Waals surface area contributed by atoms with Gasteiger partial charge in [0.05, 0.1) is 17.2 Å². The lowest BCUT2D eigenvalue weighted by atomic mass is 10.2. The SMILES string of the molecule is Cc1nc(C)c(CNC(=O)c2ccc3c(c2)OCO3)s1. The van der Waals surface area contributed by atoms with Crippen LogP contribution in [0.15, 0.2) is 18.2 Å². The summed E-state index contributed by atoms with van der Waals surface area (Å²) in [6.45, 7) is 4.61. The van der Waals surface area contributed by atoms with Crippen molar-refractivity contribution in [1.82, 2.24) is 10.3 Å². The summed E-state index contributed by atoms with van der Waals surface area (Å²) >= 11 is 1.60. The number of benzene rings is 1. The zero-order valence-corrected chi connectivity index (χ0v) is 12.0. The van der Waals surface area contributed by atoms with Gasteiger partial charge in [0, 0.05) is 10.4 Å². The predicted molar refractivity (Wildman–Crippen MR) is 75.3 cm³/mol. The predicted octanol–water partition coefficient (Wildman–Crippen LogP) is 2.42. The van der Waals surface area contributed by atoms with Crippen LogP contribution in [0.5, 0.6) is 11.5 Å². The summed E-state index contributed by atoms with van der Waals surface area (Å²) in [4.78, 5) is 17.5. The van der Waals surface area contributed by atoms with Crippen LogP contribution in [0.4, 0.5) is 0 Å². The van der Waals surface area contributed by atoms with Crippen molar-refractivity contribution in [2.24, 2.45) is 0 Å². The molecule has 5 nitrogen and oxygen atoms in total. The van der Waals surface area contributed by atoms with Crippen molar-refractivity contribution in [3.05, 3.63) is 39.3 Å². The summed E-state index contributed by atoms with van der Waals surface area (Å²) in [6, 6.07) is 5.18. The van der Waals surface area contributed by atoms with Crippen LogP contribution in [0.1, 0.15) is 25.9 Å². The number of carbonyl (C=O) groups is 1. The topological polar surface area (TPSA) is 60.5 Å². The van der Waals surface area contributed by atoms with Gasteiger partial charge in [0.2, 0.25) is 6.79 Å². The number of amides is 1. The Hall–Kier alpha value is -2.08. The molecular formula is C14H14N2O3S. The molecule has 104 valence electrons. The minimum absolute atomic E-state index is 0.131. The molecule has 6 heteroatoms. The Morgan fingerprint density at radius 2 is 2.15 bits per heavy atom. The minimum atomic E-state index is -0.131. The third kappa shape index (κ3) is 2.46. The Bertz CT molecular complexity index is 666. The number of fused-ring (bicyclic) bond motifs is 1. The van der Waals surface area contributed by atoms with Crippen LogP contribution in [-0.2, 0) is 6.54 Å². The zero-order chi connectivity index (χ0) is 14.1. The van der Waals surface area contributed by atoms with Crippen LogP contribution in [0, 0.1) is 13.8 Å². The molecule has 1 aromatic heterocycles. The largest absolute Gasteiger partial charge is 0.454 e. The lowest BCUT2D eigenvalue weighted by Crippen LogP contribution is -2.22. The van der Waals surface area contributed by atoms with Gasteiger partial charge in [-0.1, -0.05) is 0 Å². The van der Waals surface area contributed by atoms with Crippen LogP contribution in [0.3, 0.4) is 0 Å². The highest BCUT2D eigenvalue weighted by Gasteiger charge is 2.16. The van der Waals surface area contributed by atoms with Gasteiger partial charge >= 0.3 is 0 Å². The molecule has 0 atom stereocenters. The number of thiazole rings is 1. The van der Waals surface area contributed by atoms with Crippen molar-refractivity contribution in [2.75, 3.05) is 6.79 Å². The van der Waals surface area contributed by atoms with E-state index in [4.69, 9.17) is 9.47 Å². The molecule has 0 saturated carbocycles. The molecule has 20 heavy (non-hydrogen) atoms. The molecule has 1 aromatic carbocycles. The quantitative estimate of drug-likeness (QED) is 0.943. The van der Waals surface area contributed by atoms with Crippen LogP contribution < -0.4 is 14.8 Å². The Labute approximate surface area is 120 Å². The fraction of sp³-hybridized carbons (Fsp3) is 0.286. The first-order valence-corrected chi connectivity index (χ1v) is 7.06. The van der Waals surface area contributed by atoms with Gasteiger partial charge < -0.3 is 14.8 Å². The van der Waals surface area contributed by atoms with Gasteiger partial charge in [-0.3, -0.25) is 4.79 Å². The molecule has 0 fully saturated rings. The maximum atomic E-state index is 12.1. The molecule has 1 amide bonds. The van der Waals surface area contributed by atoms with E-state index >= 15 is 0 Å². The Morgan fingerprint density at radius 1 is 1.35 bits per heavy atom. The van der Waals surface area contributed by atoms with Crippen molar-refractivity contribution in [3.63, 3.8) is 0 Å². The second-order valence-corrected chi connectivity index (χ2v) is 5.78. The minimum Gasteiger partial charge on any atom is -0.454 e. The van der Waals surface area contributed by atoms with E-state index in [2.05, 4.69) is 10.3 Å². The Kier molecular flexibility index (Phi) is 3.31. The molecule has 2 aromatic rings. The lowest BCUT2D eigenvalue weighted by molar-refractivity contribution is 0.0951. The fourth-order valence-electron chi connectivity index (χ4n) is 2.04. The van der Waals surface area contributed by atoms with Gasteiger partial charge in [0.1, 0.15) is 0 Å². The van der Waals surface area contributed by atoms with Gasteiger partial charge in [-0.2, -0.15) is 0 Å². The van der Waals surface area contributed by atoms with E-state index in [1.54, 1.807) is 29.5 Å². The molecule has 0 aliphatic carbocycles. The molecule has 0 radical (unpaired) electrons. The Balaban J connectivity index is 1.69. The third-order valence-electron chi connectivity index (χ3n) is 3.04. The van der Waals surface area contributed by atoms with E-state index in [1.807, 2.05) is 13.8 Å². The summed E-state index contributed by atoms with van der Waals surface area (Å²) in [5.41, 5.74) is 1.53. The first kappa shape index (κ1) is 12.9. The first-order valence-electron chi connectivity index (χ1n) is 6.24. The first-order chi connectivity index (χ1) is 9.63. The molecule has 0 saturated heterocycles. The van der Waals surface area contributed by atoms with Crippen LogP contribution in [0.2, 0.25) is 0 Å². The Morgan fingerprint density at radius 3 is 2.90 bits per heavy atom. The lowest BCUT2D eigenvalue weighted by Gasteiger charge is -2.05. The van der Waals surface area contributed by atoms with Crippen molar-refractivity contribution in [1.29, 1.82) is 0 Å². The summed E-state index contributed by atoms with van der Waals surface area (Å²) in [5.74, 6) is 1.16. The molecule has 1 aliphatic rings. The van der Waals surface area contributed by atoms with Crippen molar-refractivity contribution < 1.29 is 14.3 Å².